The van der Waals surface area contributed by atoms with Gasteiger partial charge in [-0.2, -0.15) is 0 Å². The summed E-state index contributed by atoms with van der Waals surface area (Å²) in [5.41, 5.74) is 0.384. The summed E-state index contributed by atoms with van der Waals surface area (Å²) in [6, 6.07) is 10.2. The van der Waals surface area contributed by atoms with Gasteiger partial charge in [0.05, 0.1) is 9.82 Å². The van der Waals surface area contributed by atoms with Crippen molar-refractivity contribution in [2.24, 2.45) is 0 Å². The molecule has 10 heteroatoms. The third-order valence-corrected chi connectivity index (χ3v) is 5.31. The molecule has 0 radical (unpaired) electrons. The van der Waals surface area contributed by atoms with E-state index in [1.165, 1.54) is 18.2 Å². The van der Waals surface area contributed by atoms with Gasteiger partial charge in [-0.05, 0) is 43.2 Å². The highest BCUT2D eigenvalue weighted by molar-refractivity contribution is 7.89. The van der Waals surface area contributed by atoms with Crippen molar-refractivity contribution >= 4 is 21.7 Å². The maximum atomic E-state index is 12.9. The first-order valence-corrected chi connectivity index (χ1v) is 9.86. The number of esters is 1. The fourth-order valence-electron chi connectivity index (χ4n) is 2.35. The fraction of sp³-hybridized carbons (Fsp3) is 0.278. The SMILES string of the molecule is C[C@@H](OC(=O)CCCNS(=O)(=O)c1ccc(F)cc1)c1cccc([N+](=O)[O-])c1. The molecule has 0 aliphatic rings. The van der Waals surface area contributed by atoms with Crippen LogP contribution in [0.15, 0.2) is 53.4 Å². The molecule has 0 aliphatic heterocycles. The number of nitro benzene ring substituents is 1. The smallest absolute Gasteiger partial charge is 0.306 e. The molecule has 0 aromatic heterocycles. The highest BCUT2D eigenvalue weighted by atomic mass is 32.2. The van der Waals surface area contributed by atoms with Gasteiger partial charge in [-0.1, -0.05) is 12.1 Å². The molecule has 0 bridgehead atoms. The van der Waals surface area contributed by atoms with Gasteiger partial charge in [-0.3, -0.25) is 14.9 Å². The van der Waals surface area contributed by atoms with E-state index >= 15 is 0 Å². The van der Waals surface area contributed by atoms with Gasteiger partial charge in [0.1, 0.15) is 11.9 Å². The minimum atomic E-state index is -3.79. The van der Waals surface area contributed by atoms with Gasteiger partial charge in [0.25, 0.3) is 5.69 Å². The lowest BCUT2D eigenvalue weighted by Crippen LogP contribution is -2.25. The Balaban J connectivity index is 1.80. The largest absolute Gasteiger partial charge is 0.458 e. The number of hydrogen-bond donors (Lipinski definition) is 1. The average molecular weight is 410 g/mol. The summed E-state index contributed by atoms with van der Waals surface area (Å²) in [7, 11) is -3.79. The van der Waals surface area contributed by atoms with Gasteiger partial charge >= 0.3 is 5.97 Å². The average Bonchev–Trinajstić information content (AvgIpc) is 2.65. The zero-order valence-corrected chi connectivity index (χ0v) is 15.8. The molecule has 8 nitrogen and oxygen atoms in total. The molecule has 150 valence electrons. The summed E-state index contributed by atoms with van der Waals surface area (Å²) in [4.78, 5) is 22.1. The van der Waals surface area contributed by atoms with Crippen LogP contribution in [-0.2, 0) is 19.6 Å². The number of nitro groups is 1. The Bertz CT molecular complexity index is 947. The number of carbonyl (C=O) groups excluding carboxylic acids is 1. The Kier molecular flexibility index (Phi) is 7.18. The number of non-ortho nitro benzene ring substituents is 1. The van der Waals surface area contributed by atoms with E-state index in [4.69, 9.17) is 4.74 Å². The third kappa shape index (κ3) is 6.10. The van der Waals surface area contributed by atoms with Gasteiger partial charge in [0.15, 0.2) is 0 Å². The van der Waals surface area contributed by atoms with Crippen LogP contribution < -0.4 is 4.72 Å². The number of halogens is 1. The zero-order chi connectivity index (χ0) is 20.7. The number of nitrogens with zero attached hydrogens (tertiary/aromatic N) is 1. The third-order valence-electron chi connectivity index (χ3n) is 3.83. The molecule has 2 aromatic carbocycles. The van der Waals surface area contributed by atoms with Gasteiger partial charge in [0.2, 0.25) is 10.0 Å². The van der Waals surface area contributed by atoms with E-state index in [0.717, 1.165) is 24.3 Å². The maximum absolute atomic E-state index is 12.9. The summed E-state index contributed by atoms with van der Waals surface area (Å²) in [6.07, 6.45) is -0.519. The van der Waals surface area contributed by atoms with Crippen LogP contribution in [-0.4, -0.2) is 25.9 Å². The lowest BCUT2D eigenvalue weighted by molar-refractivity contribution is -0.385. The first kappa shape index (κ1) is 21.5. The van der Waals surface area contributed by atoms with Crippen molar-refractivity contribution in [3.05, 3.63) is 70.0 Å². The number of ether oxygens (including phenoxy) is 1. The standard InChI is InChI=1S/C18H19FN2O6S/c1-13(14-4-2-5-16(12-14)21(23)24)27-18(22)6-3-11-20-28(25,26)17-9-7-15(19)8-10-17/h2,4-5,7-10,12-13,20H,3,6,11H2,1H3/t13-/m1/s1. The van der Waals surface area contributed by atoms with Crippen molar-refractivity contribution in [2.75, 3.05) is 6.54 Å². The number of sulfonamides is 1. The van der Waals surface area contributed by atoms with E-state index in [1.54, 1.807) is 13.0 Å². The summed E-state index contributed by atoms with van der Waals surface area (Å²) < 4.78 is 44.5. The second-order valence-corrected chi connectivity index (χ2v) is 7.71. The lowest BCUT2D eigenvalue weighted by Gasteiger charge is -2.13. The van der Waals surface area contributed by atoms with Crippen molar-refractivity contribution in [3.8, 4) is 0 Å². The van der Waals surface area contributed by atoms with Crippen molar-refractivity contribution in [1.82, 2.24) is 4.72 Å². The second-order valence-electron chi connectivity index (χ2n) is 5.94. The van der Waals surface area contributed by atoms with Crippen LogP contribution in [0, 0.1) is 15.9 Å². The van der Waals surface area contributed by atoms with Crippen molar-refractivity contribution in [3.63, 3.8) is 0 Å². The molecule has 2 aromatic rings. The summed E-state index contributed by atoms with van der Waals surface area (Å²) in [5.74, 6) is -1.10. The Morgan fingerprint density at radius 2 is 1.93 bits per heavy atom. The molecule has 0 spiro atoms. The Labute approximate surface area is 161 Å². The molecule has 0 unspecified atom stereocenters. The molecule has 0 fully saturated rings. The van der Waals surface area contributed by atoms with Crippen LogP contribution in [0.3, 0.4) is 0 Å². The van der Waals surface area contributed by atoms with Crippen LogP contribution in [0.25, 0.3) is 0 Å². The molecule has 0 saturated heterocycles. The minimum absolute atomic E-state index is 0.000000513. The number of rotatable bonds is 9. The minimum Gasteiger partial charge on any atom is -0.458 e. The predicted molar refractivity (Wildman–Crippen MR) is 98.4 cm³/mol. The number of carbonyl (C=O) groups is 1. The molecule has 1 N–H and O–H groups in total. The normalized spacial score (nSPS) is 12.4. The summed E-state index contributed by atoms with van der Waals surface area (Å²) >= 11 is 0. The van der Waals surface area contributed by atoms with E-state index in [0.29, 0.717) is 5.56 Å². The lowest BCUT2D eigenvalue weighted by atomic mass is 10.1. The van der Waals surface area contributed by atoms with Crippen molar-refractivity contribution < 1.29 is 27.3 Å². The van der Waals surface area contributed by atoms with Gasteiger partial charge < -0.3 is 4.74 Å². The second kappa shape index (κ2) is 9.38. The molecule has 2 rings (SSSR count). The summed E-state index contributed by atoms with van der Waals surface area (Å²) in [5, 5.41) is 10.8. The van der Waals surface area contributed by atoms with Gasteiger partial charge in [-0.25, -0.2) is 17.5 Å². The fourth-order valence-corrected chi connectivity index (χ4v) is 3.43. The van der Waals surface area contributed by atoms with E-state index in [1.807, 2.05) is 0 Å². The maximum Gasteiger partial charge on any atom is 0.306 e. The Hall–Kier alpha value is -2.85. The number of nitrogens with one attached hydrogen (secondary N) is 1. The van der Waals surface area contributed by atoms with E-state index in [-0.39, 0.29) is 30.0 Å². The summed E-state index contributed by atoms with van der Waals surface area (Å²) in [6.45, 7) is 1.59. The van der Waals surface area contributed by atoms with Crippen molar-refractivity contribution in [1.29, 1.82) is 0 Å². The monoisotopic (exact) mass is 410 g/mol. The van der Waals surface area contributed by atoms with Crippen molar-refractivity contribution in [2.45, 2.75) is 30.8 Å². The highest BCUT2D eigenvalue weighted by Gasteiger charge is 2.16. The molecule has 0 saturated carbocycles. The predicted octanol–water partition coefficient (Wildman–Crippen LogP) is 3.10. The quantitative estimate of drug-likeness (QED) is 0.294. The Morgan fingerprint density at radius 1 is 1.25 bits per heavy atom. The van der Waals surface area contributed by atoms with Crippen LogP contribution in [0.5, 0.6) is 0 Å². The molecule has 0 aliphatic carbocycles. The highest BCUT2D eigenvalue weighted by Crippen LogP contribution is 2.22. The van der Waals surface area contributed by atoms with E-state index < -0.39 is 32.8 Å². The number of benzene rings is 2. The van der Waals surface area contributed by atoms with Crippen LogP contribution in [0.4, 0.5) is 10.1 Å². The van der Waals surface area contributed by atoms with Crippen LogP contribution in [0.2, 0.25) is 0 Å². The first-order chi connectivity index (χ1) is 13.2. The molecule has 0 heterocycles. The van der Waals surface area contributed by atoms with E-state index in [2.05, 4.69) is 4.72 Å². The van der Waals surface area contributed by atoms with Crippen LogP contribution in [0.1, 0.15) is 31.4 Å². The molecule has 1 atom stereocenters. The molecule has 0 amide bonds. The van der Waals surface area contributed by atoms with Gasteiger partial charge in [-0.15, -0.1) is 0 Å². The van der Waals surface area contributed by atoms with Crippen LogP contribution >= 0.6 is 0 Å². The molecule has 28 heavy (non-hydrogen) atoms. The van der Waals surface area contributed by atoms with E-state index in [9.17, 15) is 27.7 Å². The Morgan fingerprint density at radius 3 is 2.57 bits per heavy atom. The topological polar surface area (TPSA) is 116 Å². The number of hydrogen-bond acceptors (Lipinski definition) is 6. The van der Waals surface area contributed by atoms with Gasteiger partial charge in [0, 0.05) is 25.1 Å². The molecular formula is C18H19FN2O6S. The first-order valence-electron chi connectivity index (χ1n) is 8.38. The zero-order valence-electron chi connectivity index (χ0n) is 15.0. The molecular weight excluding hydrogens is 391 g/mol.